The van der Waals surface area contributed by atoms with E-state index in [0.29, 0.717) is 16.5 Å². The average molecular weight is 629 g/mol. The molecule has 2 aromatic heterocycles. The molecule has 16 nitrogen and oxygen atoms in total. The lowest BCUT2D eigenvalue weighted by atomic mass is 9.97. The standard InChI is InChI=1S/C28H36O16/c1-27(2,15(30)9-39-23-21-13(6-7-38-21)20(37-3)12-4-5-16(31)43-22(12)23)44-25-19(34)18(33)17(32)14(42-25)8-40-26-24(35)28(36,10-29)11-41-26/h4-7,14-15,17-19,24-26,29-30,32-36H,8-11H2,1-3H3. The fourth-order valence-corrected chi connectivity index (χ4v) is 5.04. The molecule has 0 saturated carbocycles. The minimum absolute atomic E-state index is 0.0301. The number of hydrogen-bond acceptors (Lipinski definition) is 16. The molecule has 0 amide bonds. The molecule has 0 radical (unpaired) electrons. The van der Waals surface area contributed by atoms with Gasteiger partial charge in [-0.25, -0.2) is 4.79 Å². The van der Waals surface area contributed by atoms with Crippen LogP contribution >= 0.6 is 0 Å². The summed E-state index contributed by atoms with van der Waals surface area (Å²) in [5.74, 6) is 0.423. The minimum Gasteiger partial charge on any atom is -0.495 e. The maximum absolute atomic E-state index is 12.0. The summed E-state index contributed by atoms with van der Waals surface area (Å²) in [5, 5.41) is 73.2. The molecule has 244 valence electrons. The highest BCUT2D eigenvalue weighted by Crippen LogP contribution is 2.43. The van der Waals surface area contributed by atoms with Gasteiger partial charge >= 0.3 is 5.63 Å². The Labute approximate surface area is 249 Å². The van der Waals surface area contributed by atoms with Gasteiger partial charge in [-0.05, 0) is 26.0 Å². The van der Waals surface area contributed by atoms with E-state index >= 15 is 0 Å². The molecule has 1 aromatic carbocycles. The Morgan fingerprint density at radius 2 is 1.75 bits per heavy atom. The summed E-state index contributed by atoms with van der Waals surface area (Å²) in [6, 6.07) is 4.38. The Bertz CT molecular complexity index is 1500. The Morgan fingerprint density at radius 1 is 1.02 bits per heavy atom. The van der Waals surface area contributed by atoms with E-state index in [-0.39, 0.29) is 16.9 Å². The van der Waals surface area contributed by atoms with E-state index in [0.717, 1.165) is 0 Å². The molecule has 4 heterocycles. The first kappa shape index (κ1) is 32.5. The molecule has 3 aromatic rings. The summed E-state index contributed by atoms with van der Waals surface area (Å²) >= 11 is 0. The van der Waals surface area contributed by atoms with Gasteiger partial charge in [0.25, 0.3) is 0 Å². The number of hydrogen-bond donors (Lipinski definition) is 7. The molecule has 2 aliphatic rings. The lowest BCUT2D eigenvalue weighted by Crippen LogP contribution is -2.62. The zero-order valence-electron chi connectivity index (χ0n) is 24.1. The van der Waals surface area contributed by atoms with Gasteiger partial charge in [0.1, 0.15) is 54.6 Å². The van der Waals surface area contributed by atoms with E-state index in [2.05, 4.69) is 0 Å². The molecule has 16 heteroatoms. The second-order valence-electron chi connectivity index (χ2n) is 11.3. The van der Waals surface area contributed by atoms with Gasteiger partial charge in [-0.15, -0.1) is 0 Å². The highest BCUT2D eigenvalue weighted by Gasteiger charge is 2.51. The quantitative estimate of drug-likeness (QED) is 0.118. The second kappa shape index (κ2) is 12.5. The Balaban J connectivity index is 1.28. The van der Waals surface area contributed by atoms with Crippen LogP contribution in [-0.4, -0.2) is 130 Å². The SMILES string of the molecule is COc1c2ccoc2c(OCC(O)C(C)(C)OC2OC(COC3OCC(O)(CO)C3O)C(O)C(O)C2O)c2oc(=O)ccc12. The number of rotatable bonds is 11. The zero-order valence-corrected chi connectivity index (χ0v) is 24.1. The predicted molar refractivity (Wildman–Crippen MR) is 146 cm³/mol. The fraction of sp³-hybridized carbons (Fsp3) is 0.607. The van der Waals surface area contributed by atoms with Crippen LogP contribution < -0.4 is 15.1 Å². The van der Waals surface area contributed by atoms with Gasteiger partial charge in [0.2, 0.25) is 5.75 Å². The van der Waals surface area contributed by atoms with Crippen molar-refractivity contribution in [2.45, 2.75) is 74.3 Å². The maximum Gasteiger partial charge on any atom is 0.336 e. The predicted octanol–water partition coefficient (Wildman–Crippen LogP) is -1.65. The molecule has 0 bridgehead atoms. The lowest BCUT2D eigenvalue weighted by molar-refractivity contribution is -0.337. The van der Waals surface area contributed by atoms with Crippen LogP contribution in [0, 0.1) is 0 Å². The van der Waals surface area contributed by atoms with Crippen LogP contribution in [0.1, 0.15) is 13.8 Å². The highest BCUT2D eigenvalue weighted by molar-refractivity contribution is 6.06. The molecule has 44 heavy (non-hydrogen) atoms. The number of benzene rings is 1. The molecule has 0 spiro atoms. The summed E-state index contributed by atoms with van der Waals surface area (Å²) in [5.41, 5.74) is -3.86. The number of fused-ring (bicyclic) bond motifs is 2. The van der Waals surface area contributed by atoms with Crippen molar-refractivity contribution in [3.05, 3.63) is 34.9 Å². The van der Waals surface area contributed by atoms with Crippen molar-refractivity contribution >= 4 is 21.9 Å². The van der Waals surface area contributed by atoms with Crippen molar-refractivity contribution in [1.82, 2.24) is 0 Å². The monoisotopic (exact) mass is 628 g/mol. The molecule has 9 unspecified atom stereocenters. The van der Waals surface area contributed by atoms with Crippen molar-refractivity contribution in [3.8, 4) is 11.5 Å². The first-order valence-corrected chi connectivity index (χ1v) is 13.7. The average Bonchev–Trinajstić information content (AvgIpc) is 3.59. The normalized spacial score (nSPS) is 31.9. The van der Waals surface area contributed by atoms with Gasteiger partial charge in [-0.1, -0.05) is 0 Å². The maximum atomic E-state index is 12.0. The van der Waals surface area contributed by atoms with Crippen LogP contribution in [0.25, 0.3) is 21.9 Å². The van der Waals surface area contributed by atoms with Crippen molar-refractivity contribution in [2.24, 2.45) is 0 Å². The number of ether oxygens (including phenoxy) is 6. The van der Waals surface area contributed by atoms with E-state index in [4.69, 9.17) is 37.3 Å². The van der Waals surface area contributed by atoms with Gasteiger partial charge in [0, 0.05) is 6.07 Å². The van der Waals surface area contributed by atoms with Crippen molar-refractivity contribution in [1.29, 1.82) is 0 Å². The van der Waals surface area contributed by atoms with Crippen LogP contribution in [0.2, 0.25) is 0 Å². The third-order valence-electron chi connectivity index (χ3n) is 7.89. The number of methoxy groups -OCH3 is 1. The van der Waals surface area contributed by atoms with Crippen molar-refractivity contribution in [3.63, 3.8) is 0 Å². The first-order valence-electron chi connectivity index (χ1n) is 13.7. The Hall–Kier alpha value is -2.87. The topological polar surface area (TPSA) is 240 Å². The number of aliphatic hydroxyl groups is 7. The van der Waals surface area contributed by atoms with Crippen LogP contribution in [0.15, 0.2) is 38.1 Å². The highest BCUT2D eigenvalue weighted by atomic mass is 16.7. The van der Waals surface area contributed by atoms with Gasteiger partial charge in [-0.2, -0.15) is 0 Å². The lowest BCUT2D eigenvalue weighted by Gasteiger charge is -2.44. The summed E-state index contributed by atoms with van der Waals surface area (Å²) in [7, 11) is 1.45. The molecule has 2 fully saturated rings. The zero-order chi connectivity index (χ0) is 32.0. The molecular weight excluding hydrogens is 592 g/mol. The third kappa shape index (κ3) is 5.91. The summed E-state index contributed by atoms with van der Waals surface area (Å²) < 4.78 is 44.4. The summed E-state index contributed by atoms with van der Waals surface area (Å²) in [6.07, 6.45) is -11.0. The molecular formula is C28H36O16. The Morgan fingerprint density at radius 3 is 2.43 bits per heavy atom. The summed E-state index contributed by atoms with van der Waals surface area (Å²) in [6.45, 7) is 0.839. The van der Waals surface area contributed by atoms with E-state index in [1.165, 1.54) is 39.4 Å². The van der Waals surface area contributed by atoms with E-state index in [1.807, 2.05) is 0 Å². The third-order valence-corrected chi connectivity index (χ3v) is 7.89. The van der Waals surface area contributed by atoms with Crippen LogP contribution in [0.4, 0.5) is 0 Å². The largest absolute Gasteiger partial charge is 0.495 e. The van der Waals surface area contributed by atoms with Gasteiger partial charge < -0.3 is 73.0 Å². The number of aliphatic hydroxyl groups excluding tert-OH is 6. The molecule has 7 N–H and O–H groups in total. The van der Waals surface area contributed by atoms with Crippen molar-refractivity contribution in [2.75, 3.05) is 33.5 Å². The van der Waals surface area contributed by atoms with Gasteiger partial charge in [0.15, 0.2) is 23.7 Å². The first-order chi connectivity index (χ1) is 20.8. The van der Waals surface area contributed by atoms with E-state index in [9.17, 15) is 40.5 Å². The van der Waals surface area contributed by atoms with Crippen LogP contribution in [0.3, 0.4) is 0 Å². The Kier molecular flexibility index (Phi) is 9.23. The van der Waals surface area contributed by atoms with E-state index < -0.39 is 92.5 Å². The summed E-state index contributed by atoms with van der Waals surface area (Å²) in [4.78, 5) is 12.0. The number of furan rings is 1. The molecule has 0 aliphatic carbocycles. The molecule has 9 atom stereocenters. The van der Waals surface area contributed by atoms with Gasteiger partial charge in [-0.3, -0.25) is 0 Å². The van der Waals surface area contributed by atoms with Crippen LogP contribution in [-0.2, 0) is 18.9 Å². The van der Waals surface area contributed by atoms with Gasteiger partial charge in [0.05, 0.1) is 49.6 Å². The molecule has 2 aliphatic heterocycles. The minimum atomic E-state index is -1.94. The van der Waals surface area contributed by atoms with Crippen molar-refractivity contribution < 1.29 is 73.0 Å². The smallest absolute Gasteiger partial charge is 0.336 e. The fourth-order valence-electron chi connectivity index (χ4n) is 5.04. The second-order valence-corrected chi connectivity index (χ2v) is 11.3. The van der Waals surface area contributed by atoms with Crippen LogP contribution in [0.5, 0.6) is 11.5 Å². The molecule has 5 rings (SSSR count). The molecule has 2 saturated heterocycles. The van der Waals surface area contributed by atoms with E-state index in [1.54, 1.807) is 6.07 Å².